The van der Waals surface area contributed by atoms with Gasteiger partial charge in [-0.1, -0.05) is 19.1 Å². The molecular formula is C12H16N4O. The summed E-state index contributed by atoms with van der Waals surface area (Å²) in [5.41, 5.74) is 7.31. The Morgan fingerprint density at radius 2 is 2.24 bits per heavy atom. The predicted octanol–water partition coefficient (Wildman–Crippen LogP) is 1.42. The smallest absolute Gasteiger partial charge is 0.235 e. The number of nitrogens with one attached hydrogen (secondary N) is 3. The minimum atomic E-state index is -0.134. The Morgan fingerprint density at radius 1 is 1.47 bits per heavy atom. The molecule has 1 unspecified atom stereocenters. The second kappa shape index (κ2) is 4.86. The topological polar surface area (TPSA) is 65.5 Å². The first-order valence-corrected chi connectivity index (χ1v) is 5.61. The molecule has 0 aliphatic carbocycles. The largest absolute Gasteiger partial charge is 0.383 e. The molecule has 0 fully saturated rings. The van der Waals surface area contributed by atoms with E-state index in [4.69, 9.17) is 0 Å². The molecule has 17 heavy (non-hydrogen) atoms. The van der Waals surface area contributed by atoms with Gasteiger partial charge in [-0.2, -0.15) is 0 Å². The first-order valence-electron chi connectivity index (χ1n) is 5.61. The molecule has 5 heteroatoms. The molecule has 0 bridgehead atoms. The van der Waals surface area contributed by atoms with Crippen molar-refractivity contribution < 1.29 is 4.79 Å². The molecule has 5 nitrogen and oxygen atoms in total. The highest BCUT2D eigenvalue weighted by atomic mass is 16.2. The van der Waals surface area contributed by atoms with Gasteiger partial charge in [0.2, 0.25) is 5.91 Å². The summed E-state index contributed by atoms with van der Waals surface area (Å²) in [7, 11) is 0. The number of carbonyl (C=O) groups is 1. The third kappa shape index (κ3) is 2.75. The maximum Gasteiger partial charge on any atom is 0.235 e. The summed E-state index contributed by atoms with van der Waals surface area (Å²) in [6.07, 6.45) is 0. The molecule has 0 saturated heterocycles. The molecule has 2 rings (SSSR count). The number of para-hydroxylation sites is 2. The summed E-state index contributed by atoms with van der Waals surface area (Å²) in [6, 6.07) is 7.84. The number of carbonyl (C=O) groups excluding carboxylic acids is 1. The van der Waals surface area contributed by atoms with Crippen molar-refractivity contribution in [2.75, 3.05) is 11.9 Å². The molecule has 0 radical (unpaired) electrons. The lowest BCUT2D eigenvalue weighted by atomic mass is 10.1. The Bertz CT molecular complexity index is 456. The monoisotopic (exact) mass is 232 g/mol. The second-order valence-electron chi connectivity index (χ2n) is 4.10. The van der Waals surface area contributed by atoms with E-state index >= 15 is 0 Å². The molecule has 1 aromatic rings. The number of aliphatic imine (C=N–C) groups is 1. The Hall–Kier alpha value is -2.04. The Balaban J connectivity index is 2.23. The van der Waals surface area contributed by atoms with Crippen LogP contribution in [0.3, 0.4) is 0 Å². The third-order valence-electron chi connectivity index (χ3n) is 2.58. The number of benzene rings is 1. The molecule has 90 valence electrons. The predicted molar refractivity (Wildman–Crippen MR) is 68.1 cm³/mol. The lowest BCUT2D eigenvalue weighted by Crippen LogP contribution is -2.44. The molecule has 1 heterocycles. The molecule has 3 N–H and O–H groups in total. The zero-order valence-corrected chi connectivity index (χ0v) is 9.95. The van der Waals surface area contributed by atoms with Crippen LogP contribution in [-0.2, 0) is 4.79 Å². The minimum Gasteiger partial charge on any atom is -0.383 e. The van der Waals surface area contributed by atoms with Crippen LogP contribution < -0.4 is 16.2 Å². The van der Waals surface area contributed by atoms with Crippen molar-refractivity contribution in [3.63, 3.8) is 0 Å². The van der Waals surface area contributed by atoms with E-state index in [1.807, 2.05) is 31.2 Å². The van der Waals surface area contributed by atoms with Crippen LogP contribution in [0.15, 0.2) is 29.3 Å². The molecule has 1 aliphatic rings. The maximum absolute atomic E-state index is 10.9. The van der Waals surface area contributed by atoms with E-state index in [2.05, 4.69) is 21.2 Å². The highest BCUT2D eigenvalue weighted by Crippen LogP contribution is 2.27. The number of fused-ring (bicyclic) bond motifs is 1. The quantitative estimate of drug-likeness (QED) is 0.593. The molecule has 1 atom stereocenters. The van der Waals surface area contributed by atoms with E-state index in [1.165, 1.54) is 6.92 Å². The summed E-state index contributed by atoms with van der Waals surface area (Å²) in [4.78, 5) is 15.4. The van der Waals surface area contributed by atoms with Crippen LogP contribution in [0.2, 0.25) is 0 Å². The Morgan fingerprint density at radius 3 is 3.00 bits per heavy atom. The molecular weight excluding hydrogens is 216 g/mol. The standard InChI is InChI=1S/C12H16N4O/c1-8-7-13-10-5-3-4-6-11(10)14-12(8)16-15-9(2)17/h3-6,8,13H,7H2,1-2H3,(H,14,16)(H,15,17). The Kier molecular flexibility index (Phi) is 3.27. The molecule has 0 saturated carbocycles. The van der Waals surface area contributed by atoms with Crippen molar-refractivity contribution in [1.29, 1.82) is 0 Å². The number of rotatable bonds is 0. The fourth-order valence-corrected chi connectivity index (χ4v) is 1.62. The van der Waals surface area contributed by atoms with E-state index in [-0.39, 0.29) is 11.8 Å². The zero-order valence-electron chi connectivity index (χ0n) is 9.95. The summed E-state index contributed by atoms with van der Waals surface area (Å²) >= 11 is 0. The van der Waals surface area contributed by atoms with Gasteiger partial charge in [0.25, 0.3) is 0 Å². The van der Waals surface area contributed by atoms with Crippen LogP contribution >= 0.6 is 0 Å². The average molecular weight is 232 g/mol. The third-order valence-corrected chi connectivity index (χ3v) is 2.58. The molecule has 1 amide bonds. The highest BCUT2D eigenvalue weighted by Gasteiger charge is 2.16. The van der Waals surface area contributed by atoms with Gasteiger partial charge in [0.15, 0.2) is 0 Å². The summed E-state index contributed by atoms with van der Waals surface area (Å²) in [5, 5.41) is 3.33. The van der Waals surface area contributed by atoms with Crippen LogP contribution in [0, 0.1) is 5.92 Å². The van der Waals surface area contributed by atoms with Crippen molar-refractivity contribution >= 4 is 23.1 Å². The summed E-state index contributed by atoms with van der Waals surface area (Å²) in [5.74, 6) is 0.831. The van der Waals surface area contributed by atoms with Gasteiger partial charge in [-0.05, 0) is 12.1 Å². The molecule has 1 aliphatic heterocycles. The summed E-state index contributed by atoms with van der Waals surface area (Å²) < 4.78 is 0. The van der Waals surface area contributed by atoms with Crippen molar-refractivity contribution in [1.82, 2.24) is 10.9 Å². The first-order chi connectivity index (χ1) is 8.16. The number of hydrogen-bond donors (Lipinski definition) is 3. The van der Waals surface area contributed by atoms with Crippen molar-refractivity contribution in [2.24, 2.45) is 10.9 Å². The van der Waals surface area contributed by atoms with Crippen molar-refractivity contribution in [3.05, 3.63) is 24.3 Å². The van der Waals surface area contributed by atoms with E-state index in [0.717, 1.165) is 23.8 Å². The van der Waals surface area contributed by atoms with Gasteiger partial charge in [0, 0.05) is 19.4 Å². The van der Waals surface area contributed by atoms with E-state index in [1.54, 1.807) is 0 Å². The van der Waals surface area contributed by atoms with Crippen molar-refractivity contribution in [2.45, 2.75) is 13.8 Å². The van der Waals surface area contributed by atoms with Gasteiger partial charge in [-0.15, -0.1) is 0 Å². The number of hydrazine groups is 1. The van der Waals surface area contributed by atoms with Crippen LogP contribution in [0.1, 0.15) is 13.8 Å². The van der Waals surface area contributed by atoms with Gasteiger partial charge in [0.1, 0.15) is 5.84 Å². The zero-order chi connectivity index (χ0) is 12.3. The van der Waals surface area contributed by atoms with Gasteiger partial charge < -0.3 is 5.32 Å². The van der Waals surface area contributed by atoms with E-state index < -0.39 is 0 Å². The normalized spacial score (nSPS) is 18.2. The number of amidine groups is 1. The van der Waals surface area contributed by atoms with Gasteiger partial charge >= 0.3 is 0 Å². The van der Waals surface area contributed by atoms with Crippen molar-refractivity contribution in [3.8, 4) is 0 Å². The Labute approximate surface area is 100 Å². The van der Waals surface area contributed by atoms with Crippen LogP contribution in [0.5, 0.6) is 0 Å². The molecule has 1 aromatic carbocycles. The fourth-order valence-electron chi connectivity index (χ4n) is 1.62. The van der Waals surface area contributed by atoms with Crippen LogP contribution in [-0.4, -0.2) is 18.3 Å². The van der Waals surface area contributed by atoms with Crippen LogP contribution in [0.4, 0.5) is 11.4 Å². The lowest BCUT2D eigenvalue weighted by Gasteiger charge is -2.14. The lowest BCUT2D eigenvalue weighted by molar-refractivity contribution is -0.119. The van der Waals surface area contributed by atoms with Gasteiger partial charge in [0.05, 0.1) is 11.4 Å². The van der Waals surface area contributed by atoms with E-state index in [0.29, 0.717) is 0 Å². The van der Waals surface area contributed by atoms with Crippen LogP contribution in [0.25, 0.3) is 0 Å². The number of hydrogen-bond acceptors (Lipinski definition) is 4. The first kappa shape index (κ1) is 11.4. The minimum absolute atomic E-state index is 0.134. The van der Waals surface area contributed by atoms with Gasteiger partial charge in [-0.25, -0.2) is 4.99 Å². The fraction of sp³-hybridized carbons (Fsp3) is 0.333. The van der Waals surface area contributed by atoms with Gasteiger partial charge in [-0.3, -0.25) is 15.6 Å². The highest BCUT2D eigenvalue weighted by molar-refractivity contribution is 5.91. The molecule has 0 aromatic heterocycles. The summed E-state index contributed by atoms with van der Waals surface area (Å²) in [6.45, 7) is 4.29. The van der Waals surface area contributed by atoms with E-state index in [9.17, 15) is 4.79 Å². The molecule has 0 spiro atoms. The number of anilines is 1. The number of nitrogens with zero attached hydrogens (tertiary/aromatic N) is 1. The second-order valence-corrected chi connectivity index (χ2v) is 4.10. The SMILES string of the molecule is CC(=O)NNC1=Nc2ccccc2NCC1C. The average Bonchev–Trinajstić information content (AvgIpc) is 2.47. The maximum atomic E-state index is 10.9. The number of amides is 1.